The maximum atomic E-state index is 11.9. The molecule has 2 rings (SSSR count). The Morgan fingerprint density at radius 3 is 2.89 bits per heavy atom. The summed E-state index contributed by atoms with van der Waals surface area (Å²) in [6.07, 6.45) is 0.132. The van der Waals surface area contributed by atoms with Crippen molar-refractivity contribution in [2.24, 2.45) is 0 Å². The maximum absolute atomic E-state index is 11.9. The fourth-order valence-electron chi connectivity index (χ4n) is 1.64. The van der Waals surface area contributed by atoms with Crippen LogP contribution in [-0.2, 0) is 11.2 Å². The van der Waals surface area contributed by atoms with Gasteiger partial charge in [0.15, 0.2) is 0 Å². The molecule has 0 saturated heterocycles. The van der Waals surface area contributed by atoms with Gasteiger partial charge in [0.25, 0.3) is 0 Å². The highest BCUT2D eigenvalue weighted by Gasteiger charge is 2.11. The number of carbonyl (C=O) groups is 1. The zero-order valence-corrected chi connectivity index (χ0v) is 11.3. The number of aryl methyl sites for hydroxylation is 1. The first-order valence-corrected chi connectivity index (χ1v) is 6.02. The van der Waals surface area contributed by atoms with Crippen molar-refractivity contribution in [3.8, 4) is 5.75 Å². The van der Waals surface area contributed by atoms with Gasteiger partial charge in [0.1, 0.15) is 11.5 Å². The van der Waals surface area contributed by atoms with Crippen LogP contribution in [0.3, 0.4) is 0 Å². The molecule has 1 amide bonds. The van der Waals surface area contributed by atoms with Gasteiger partial charge in [0.05, 0.1) is 24.9 Å². The average Bonchev–Trinajstić information content (AvgIpc) is 2.75. The monoisotopic (exact) mass is 280 g/mol. The molecule has 1 N–H and O–H groups in total. The zero-order valence-electron chi connectivity index (χ0n) is 10.6. The summed E-state index contributed by atoms with van der Waals surface area (Å²) in [5, 5.41) is 7.02. The Kier molecular flexibility index (Phi) is 4.06. The van der Waals surface area contributed by atoms with E-state index in [0.29, 0.717) is 27.9 Å². The Balaban J connectivity index is 2.08. The minimum Gasteiger partial charge on any atom is -0.495 e. The molecule has 1 heterocycles. The van der Waals surface area contributed by atoms with Gasteiger partial charge in [-0.05, 0) is 25.1 Å². The molecule has 0 fully saturated rings. The number of hydrogen-bond donors (Lipinski definition) is 1. The molecule has 2 aromatic rings. The van der Waals surface area contributed by atoms with Crippen molar-refractivity contribution in [3.05, 3.63) is 40.7 Å². The second-order valence-corrected chi connectivity index (χ2v) is 4.43. The van der Waals surface area contributed by atoms with Gasteiger partial charge >= 0.3 is 0 Å². The number of ether oxygens (including phenoxy) is 1. The van der Waals surface area contributed by atoms with E-state index in [1.54, 1.807) is 31.2 Å². The van der Waals surface area contributed by atoms with Gasteiger partial charge in [-0.1, -0.05) is 16.8 Å². The minimum absolute atomic E-state index is 0.132. The largest absolute Gasteiger partial charge is 0.495 e. The third-order valence-corrected chi connectivity index (χ3v) is 2.69. The van der Waals surface area contributed by atoms with E-state index in [-0.39, 0.29) is 12.3 Å². The van der Waals surface area contributed by atoms with Crippen LogP contribution in [0, 0.1) is 6.92 Å². The molecule has 0 unspecified atom stereocenters. The Hall–Kier alpha value is -2.01. The lowest BCUT2D eigenvalue weighted by Gasteiger charge is -2.09. The van der Waals surface area contributed by atoms with Gasteiger partial charge < -0.3 is 14.6 Å². The van der Waals surface area contributed by atoms with Gasteiger partial charge in [-0.2, -0.15) is 0 Å². The molecule has 5 nitrogen and oxygen atoms in total. The first-order chi connectivity index (χ1) is 9.08. The number of amides is 1. The van der Waals surface area contributed by atoms with Crippen LogP contribution >= 0.6 is 11.6 Å². The third-order valence-electron chi connectivity index (χ3n) is 2.45. The number of nitrogens with one attached hydrogen (secondary N) is 1. The Morgan fingerprint density at radius 2 is 2.26 bits per heavy atom. The lowest BCUT2D eigenvalue weighted by atomic mass is 10.2. The lowest BCUT2D eigenvalue weighted by molar-refractivity contribution is -0.115. The van der Waals surface area contributed by atoms with Gasteiger partial charge in [0.2, 0.25) is 5.91 Å². The molecule has 0 aliphatic rings. The molecular weight excluding hydrogens is 268 g/mol. The lowest BCUT2D eigenvalue weighted by Crippen LogP contribution is -2.15. The van der Waals surface area contributed by atoms with Crippen molar-refractivity contribution >= 4 is 23.2 Å². The smallest absolute Gasteiger partial charge is 0.230 e. The molecule has 1 aromatic heterocycles. The van der Waals surface area contributed by atoms with E-state index in [9.17, 15) is 4.79 Å². The fraction of sp³-hybridized carbons (Fsp3) is 0.231. The summed E-state index contributed by atoms with van der Waals surface area (Å²) < 4.78 is 10.1. The normalized spacial score (nSPS) is 10.3. The van der Waals surface area contributed by atoms with Crippen molar-refractivity contribution < 1.29 is 14.1 Å². The van der Waals surface area contributed by atoms with Crippen LogP contribution in [0.2, 0.25) is 5.02 Å². The van der Waals surface area contributed by atoms with Gasteiger partial charge in [-0.3, -0.25) is 4.79 Å². The van der Waals surface area contributed by atoms with E-state index < -0.39 is 0 Å². The predicted octanol–water partition coefficient (Wildman–Crippen LogP) is 2.83. The van der Waals surface area contributed by atoms with Gasteiger partial charge in [-0.15, -0.1) is 0 Å². The fourth-order valence-corrected chi connectivity index (χ4v) is 1.81. The van der Waals surface area contributed by atoms with E-state index in [0.717, 1.165) is 0 Å². The molecule has 0 spiro atoms. The van der Waals surface area contributed by atoms with Crippen LogP contribution in [-0.4, -0.2) is 18.2 Å². The van der Waals surface area contributed by atoms with Gasteiger partial charge in [0, 0.05) is 11.1 Å². The molecule has 0 aliphatic heterocycles. The van der Waals surface area contributed by atoms with E-state index in [1.807, 2.05) is 0 Å². The van der Waals surface area contributed by atoms with Gasteiger partial charge in [-0.25, -0.2) is 0 Å². The maximum Gasteiger partial charge on any atom is 0.230 e. The molecule has 100 valence electrons. The predicted molar refractivity (Wildman–Crippen MR) is 71.6 cm³/mol. The Morgan fingerprint density at radius 1 is 1.47 bits per heavy atom. The Bertz CT molecular complexity index is 595. The van der Waals surface area contributed by atoms with Crippen LogP contribution in [0.1, 0.15) is 11.5 Å². The summed E-state index contributed by atoms with van der Waals surface area (Å²) in [7, 11) is 1.53. The summed E-state index contributed by atoms with van der Waals surface area (Å²) in [4.78, 5) is 11.9. The quantitative estimate of drug-likeness (QED) is 0.935. The summed E-state index contributed by atoms with van der Waals surface area (Å²) in [6.45, 7) is 1.77. The highest BCUT2D eigenvalue weighted by molar-refractivity contribution is 6.31. The van der Waals surface area contributed by atoms with Crippen LogP contribution in [0.25, 0.3) is 0 Å². The molecule has 0 aliphatic carbocycles. The highest BCUT2D eigenvalue weighted by Crippen LogP contribution is 2.27. The number of benzene rings is 1. The van der Waals surface area contributed by atoms with Crippen molar-refractivity contribution in [1.82, 2.24) is 5.16 Å². The topological polar surface area (TPSA) is 64.4 Å². The number of rotatable bonds is 4. The van der Waals surface area contributed by atoms with E-state index in [2.05, 4.69) is 10.5 Å². The van der Waals surface area contributed by atoms with Crippen LogP contribution in [0.5, 0.6) is 5.75 Å². The third kappa shape index (κ3) is 3.48. The number of methoxy groups -OCH3 is 1. The first kappa shape index (κ1) is 13.4. The van der Waals surface area contributed by atoms with E-state index in [4.69, 9.17) is 20.9 Å². The van der Waals surface area contributed by atoms with E-state index >= 15 is 0 Å². The van der Waals surface area contributed by atoms with Crippen molar-refractivity contribution in [3.63, 3.8) is 0 Å². The average molecular weight is 281 g/mol. The summed E-state index contributed by atoms with van der Waals surface area (Å²) in [6, 6.07) is 6.73. The van der Waals surface area contributed by atoms with E-state index in [1.165, 1.54) is 7.11 Å². The molecule has 6 heteroatoms. The molecule has 0 atom stereocenters. The SMILES string of the molecule is COc1ccc(Cl)cc1NC(=O)Cc1cc(C)on1. The Labute approximate surface area is 115 Å². The second kappa shape index (κ2) is 5.75. The van der Waals surface area contributed by atoms with Crippen LogP contribution in [0.4, 0.5) is 5.69 Å². The summed E-state index contributed by atoms with van der Waals surface area (Å²) >= 11 is 5.89. The summed E-state index contributed by atoms with van der Waals surface area (Å²) in [5.74, 6) is 1.01. The van der Waals surface area contributed by atoms with Crippen molar-refractivity contribution in [1.29, 1.82) is 0 Å². The molecule has 0 saturated carbocycles. The van der Waals surface area contributed by atoms with Crippen molar-refractivity contribution in [2.75, 3.05) is 12.4 Å². The number of carbonyl (C=O) groups excluding carboxylic acids is 1. The molecule has 19 heavy (non-hydrogen) atoms. The molecule has 1 aromatic carbocycles. The highest BCUT2D eigenvalue weighted by atomic mass is 35.5. The molecule has 0 bridgehead atoms. The number of halogens is 1. The zero-order chi connectivity index (χ0) is 13.8. The number of nitrogens with zero attached hydrogens (tertiary/aromatic N) is 1. The van der Waals surface area contributed by atoms with Crippen molar-refractivity contribution in [2.45, 2.75) is 13.3 Å². The number of anilines is 1. The van der Waals surface area contributed by atoms with Crippen LogP contribution < -0.4 is 10.1 Å². The molecule has 0 radical (unpaired) electrons. The number of hydrogen-bond acceptors (Lipinski definition) is 4. The minimum atomic E-state index is -0.214. The summed E-state index contributed by atoms with van der Waals surface area (Å²) in [5.41, 5.74) is 1.11. The number of aromatic nitrogens is 1. The standard InChI is InChI=1S/C13H13ClN2O3/c1-8-5-10(16-19-8)7-13(17)15-11-6-9(14)3-4-12(11)18-2/h3-6H,7H2,1-2H3,(H,15,17). The second-order valence-electron chi connectivity index (χ2n) is 4.00. The molecular formula is C13H13ClN2O3. The first-order valence-electron chi connectivity index (χ1n) is 5.64. The van der Waals surface area contributed by atoms with Crippen LogP contribution in [0.15, 0.2) is 28.8 Å².